The Labute approximate surface area is 246 Å². The molecule has 12 heteroatoms. The van der Waals surface area contributed by atoms with E-state index in [1.807, 2.05) is 0 Å². The number of benzene rings is 4. The van der Waals surface area contributed by atoms with Crippen LogP contribution in [-0.4, -0.2) is 12.0 Å². The van der Waals surface area contributed by atoms with E-state index >= 15 is 0 Å². The van der Waals surface area contributed by atoms with Crippen molar-refractivity contribution >= 4 is 5.91 Å². The number of rotatable bonds is 8. The molecule has 0 radical (unpaired) electrons. The summed E-state index contributed by atoms with van der Waals surface area (Å²) < 4.78 is 117. The van der Waals surface area contributed by atoms with E-state index in [0.29, 0.717) is 17.7 Å². The second-order valence-corrected chi connectivity index (χ2v) is 9.86. The summed E-state index contributed by atoms with van der Waals surface area (Å²) in [4.78, 5) is 13.7. The molecule has 0 bridgehead atoms. The van der Waals surface area contributed by atoms with Gasteiger partial charge >= 0.3 is 12.4 Å². The number of amides is 1. The molecule has 2 unspecified atom stereocenters. The third kappa shape index (κ3) is 7.16. The van der Waals surface area contributed by atoms with E-state index in [1.54, 1.807) is 36.4 Å². The molecule has 1 N–H and O–H groups in total. The molecule has 0 aliphatic heterocycles. The molecule has 0 heterocycles. The fourth-order valence-electron chi connectivity index (χ4n) is 4.64. The van der Waals surface area contributed by atoms with Gasteiger partial charge in [0.1, 0.15) is 11.9 Å². The number of ether oxygens (including phenoxy) is 1. The van der Waals surface area contributed by atoms with Crippen LogP contribution in [0.2, 0.25) is 0 Å². The van der Waals surface area contributed by atoms with E-state index in [2.05, 4.69) is 5.32 Å². The first-order chi connectivity index (χ1) is 20.6. The summed E-state index contributed by atoms with van der Waals surface area (Å²) in [5.74, 6) is -3.93. The van der Waals surface area contributed by atoms with Crippen LogP contribution in [-0.2, 0) is 24.3 Å². The van der Waals surface area contributed by atoms with Crippen molar-refractivity contribution in [1.82, 2.24) is 5.32 Å². The van der Waals surface area contributed by atoms with Crippen molar-refractivity contribution < 1.29 is 44.7 Å². The number of hydrogen-bond acceptors (Lipinski definition) is 3. The van der Waals surface area contributed by atoms with Gasteiger partial charge in [-0.05, 0) is 72.1 Å². The largest absolute Gasteiger partial charge is 0.473 e. The lowest BCUT2D eigenvalue weighted by atomic mass is 9.77. The summed E-state index contributed by atoms with van der Waals surface area (Å²) in [6, 6.07) is 17.7. The van der Waals surface area contributed by atoms with Crippen LogP contribution in [0.25, 0.3) is 0 Å². The standard InChI is InChI=1S/C32H22F8N2O2/c1-19(18-41)44-28-16-22(10-11-27(28)34)30(17-20-6-3-2-4-7-20,24-13-25(32(38,39)40)15-26(33)14-24)42-29(43)21-8-5-9-23(12-21)31(35,36)37/h2-16,19H,17H2,1H3,(H,42,43). The van der Waals surface area contributed by atoms with E-state index in [9.17, 15) is 39.9 Å². The van der Waals surface area contributed by atoms with Crippen molar-refractivity contribution in [3.05, 3.63) is 136 Å². The first kappa shape index (κ1) is 32.0. The molecular weight excluding hydrogens is 596 g/mol. The first-order valence-electron chi connectivity index (χ1n) is 12.9. The molecule has 1 amide bonds. The topological polar surface area (TPSA) is 62.1 Å². The summed E-state index contributed by atoms with van der Waals surface area (Å²) in [5.41, 5.74) is -5.35. The SMILES string of the molecule is CC(C#N)Oc1cc(C(Cc2ccccc2)(NC(=O)c2cccc(C(F)(F)F)c2)c2cc(F)cc(C(F)(F)F)c2)ccc1F. The Morgan fingerprint density at radius 2 is 1.45 bits per heavy atom. The fraction of sp³-hybridized carbons (Fsp3) is 0.188. The Hall–Kier alpha value is -4.92. The van der Waals surface area contributed by atoms with Crippen molar-refractivity contribution in [2.24, 2.45) is 0 Å². The van der Waals surface area contributed by atoms with E-state index in [4.69, 9.17) is 10.00 Å². The predicted molar refractivity (Wildman–Crippen MR) is 143 cm³/mol. The maximum Gasteiger partial charge on any atom is 0.416 e. The predicted octanol–water partition coefficient (Wildman–Crippen LogP) is 8.21. The van der Waals surface area contributed by atoms with Crippen LogP contribution in [0, 0.1) is 23.0 Å². The number of halogens is 8. The van der Waals surface area contributed by atoms with E-state index in [1.165, 1.54) is 6.92 Å². The summed E-state index contributed by atoms with van der Waals surface area (Å²) >= 11 is 0. The minimum atomic E-state index is -5.03. The molecule has 2 atom stereocenters. The fourth-order valence-corrected chi connectivity index (χ4v) is 4.64. The monoisotopic (exact) mass is 618 g/mol. The quantitative estimate of drug-likeness (QED) is 0.203. The van der Waals surface area contributed by atoms with Gasteiger partial charge in [0.15, 0.2) is 17.7 Å². The maximum absolute atomic E-state index is 14.9. The van der Waals surface area contributed by atoms with Crippen molar-refractivity contribution in [2.45, 2.75) is 37.3 Å². The lowest BCUT2D eigenvalue weighted by Gasteiger charge is -2.37. The van der Waals surface area contributed by atoms with Gasteiger partial charge in [-0.15, -0.1) is 0 Å². The molecule has 0 aromatic heterocycles. The van der Waals surface area contributed by atoms with Crippen molar-refractivity contribution in [2.75, 3.05) is 0 Å². The maximum atomic E-state index is 14.9. The highest BCUT2D eigenvalue weighted by molar-refractivity contribution is 5.95. The molecule has 0 fully saturated rings. The second kappa shape index (κ2) is 12.4. The van der Waals surface area contributed by atoms with Gasteiger partial charge in [-0.25, -0.2) is 8.78 Å². The highest BCUT2D eigenvalue weighted by Crippen LogP contribution is 2.40. The molecule has 0 spiro atoms. The van der Waals surface area contributed by atoms with Gasteiger partial charge in [0.05, 0.1) is 16.7 Å². The highest BCUT2D eigenvalue weighted by atomic mass is 19.4. The van der Waals surface area contributed by atoms with Crippen LogP contribution in [0.15, 0.2) is 91.0 Å². The highest BCUT2D eigenvalue weighted by Gasteiger charge is 2.41. The molecule has 4 aromatic rings. The van der Waals surface area contributed by atoms with Gasteiger partial charge < -0.3 is 10.1 Å². The number of carbonyl (C=O) groups is 1. The molecule has 228 valence electrons. The number of nitriles is 1. The van der Waals surface area contributed by atoms with Crippen LogP contribution in [0.1, 0.15) is 45.1 Å². The van der Waals surface area contributed by atoms with Gasteiger partial charge in [0.25, 0.3) is 5.91 Å². The normalized spacial score (nSPS) is 13.8. The van der Waals surface area contributed by atoms with Gasteiger partial charge in [0, 0.05) is 12.0 Å². The Kier molecular flexibility index (Phi) is 8.99. The zero-order valence-corrected chi connectivity index (χ0v) is 22.7. The molecule has 0 aliphatic carbocycles. The third-order valence-electron chi connectivity index (χ3n) is 6.72. The minimum Gasteiger partial charge on any atom is -0.473 e. The Balaban J connectivity index is 2.03. The third-order valence-corrected chi connectivity index (χ3v) is 6.72. The summed E-state index contributed by atoms with van der Waals surface area (Å²) in [7, 11) is 0. The van der Waals surface area contributed by atoms with Crippen LogP contribution < -0.4 is 10.1 Å². The molecule has 4 nitrogen and oxygen atoms in total. The van der Waals surface area contributed by atoms with E-state index in [0.717, 1.165) is 42.5 Å². The van der Waals surface area contributed by atoms with Crippen LogP contribution in [0.4, 0.5) is 35.1 Å². The average molecular weight is 619 g/mol. The lowest BCUT2D eigenvalue weighted by molar-refractivity contribution is -0.138. The number of alkyl halides is 6. The molecule has 0 saturated heterocycles. The van der Waals surface area contributed by atoms with Crippen LogP contribution in [0.5, 0.6) is 5.75 Å². The second-order valence-electron chi connectivity index (χ2n) is 9.86. The molecule has 4 aromatic carbocycles. The lowest BCUT2D eigenvalue weighted by Crippen LogP contribution is -2.49. The van der Waals surface area contributed by atoms with Crippen molar-refractivity contribution in [3.63, 3.8) is 0 Å². The average Bonchev–Trinajstić information content (AvgIpc) is 2.97. The van der Waals surface area contributed by atoms with E-state index in [-0.39, 0.29) is 18.1 Å². The summed E-state index contributed by atoms with van der Waals surface area (Å²) in [5, 5.41) is 11.7. The van der Waals surface area contributed by atoms with Gasteiger partial charge in [-0.3, -0.25) is 4.79 Å². The Morgan fingerprint density at radius 1 is 0.795 bits per heavy atom. The number of nitrogens with one attached hydrogen (secondary N) is 1. The number of carbonyl (C=O) groups excluding carboxylic acids is 1. The van der Waals surface area contributed by atoms with Crippen LogP contribution in [0.3, 0.4) is 0 Å². The Morgan fingerprint density at radius 3 is 2.09 bits per heavy atom. The smallest absolute Gasteiger partial charge is 0.416 e. The number of nitrogens with zero attached hydrogens (tertiary/aromatic N) is 1. The van der Waals surface area contributed by atoms with Gasteiger partial charge in [-0.2, -0.15) is 31.6 Å². The van der Waals surface area contributed by atoms with Crippen molar-refractivity contribution in [3.8, 4) is 11.8 Å². The zero-order chi connectivity index (χ0) is 32.3. The van der Waals surface area contributed by atoms with Gasteiger partial charge in [-0.1, -0.05) is 42.5 Å². The Bertz CT molecular complexity index is 1700. The number of hydrogen-bond donors (Lipinski definition) is 1. The molecular formula is C32H22F8N2O2. The molecule has 4 rings (SSSR count). The zero-order valence-electron chi connectivity index (χ0n) is 22.7. The van der Waals surface area contributed by atoms with Crippen LogP contribution >= 0.6 is 0 Å². The minimum absolute atomic E-state index is 0.109. The van der Waals surface area contributed by atoms with E-state index < -0.39 is 69.5 Å². The molecule has 0 aliphatic rings. The first-order valence-corrected chi connectivity index (χ1v) is 12.9. The molecule has 44 heavy (non-hydrogen) atoms. The molecule has 0 saturated carbocycles. The summed E-state index contributed by atoms with van der Waals surface area (Å²) in [6.45, 7) is 1.31. The summed E-state index contributed by atoms with van der Waals surface area (Å²) in [6.07, 6.45) is -11.4. The van der Waals surface area contributed by atoms with Crippen molar-refractivity contribution in [1.29, 1.82) is 5.26 Å². The van der Waals surface area contributed by atoms with Gasteiger partial charge in [0.2, 0.25) is 0 Å².